The minimum Gasteiger partial charge on any atom is -0.391 e. The molecule has 0 bridgehead atoms. The van der Waals surface area contributed by atoms with Crippen molar-refractivity contribution in [2.24, 2.45) is 5.92 Å². The maximum absolute atomic E-state index is 10.8. The molecule has 0 heterocycles. The average molecular weight is 296 g/mol. The van der Waals surface area contributed by atoms with Crippen molar-refractivity contribution < 1.29 is 5.11 Å². The molecule has 1 N–H and O–H groups in total. The Hall–Kier alpha value is -0.570. The normalized spacial score (nSPS) is 28.6. The van der Waals surface area contributed by atoms with E-state index in [1.54, 1.807) is 0 Å². The van der Waals surface area contributed by atoms with E-state index in [0.29, 0.717) is 6.42 Å². The fraction of sp³-hybridized carbons (Fsp3) is 0.647. The fourth-order valence-corrected chi connectivity index (χ4v) is 3.50. The molecule has 1 aromatic rings. The van der Waals surface area contributed by atoms with Crippen molar-refractivity contribution >= 4 is 11.6 Å². The molecular weight excluding hydrogens is 270 g/mol. The van der Waals surface area contributed by atoms with Crippen LogP contribution in [0.4, 0.5) is 0 Å². The number of benzene rings is 1. The van der Waals surface area contributed by atoms with E-state index in [1.165, 1.54) is 12.8 Å². The Morgan fingerprint density at radius 2 is 1.80 bits per heavy atom. The maximum Gasteiger partial charge on any atom is 0.0763 e. The third kappa shape index (κ3) is 3.36. The monoisotopic (exact) mass is 295 g/mol. The summed E-state index contributed by atoms with van der Waals surface area (Å²) in [5.74, 6) is 0.783. The predicted molar refractivity (Wildman–Crippen MR) is 85.2 cm³/mol. The van der Waals surface area contributed by atoms with E-state index in [9.17, 15) is 5.11 Å². The standard InChI is InChI=1S/C17H26ClNO/c1-13-8-10-17(11-9-13,19(2)3)16(20)12-14-4-6-15(18)7-5-14/h4-7,13,16,20H,8-12H2,1-3H3. The fourth-order valence-electron chi connectivity index (χ4n) is 3.37. The van der Waals surface area contributed by atoms with Gasteiger partial charge in [0, 0.05) is 17.0 Å². The van der Waals surface area contributed by atoms with Gasteiger partial charge in [0.15, 0.2) is 0 Å². The molecular formula is C17H26ClNO. The Bertz CT molecular complexity index is 421. The van der Waals surface area contributed by atoms with E-state index >= 15 is 0 Å². The number of hydrogen-bond acceptors (Lipinski definition) is 2. The molecule has 112 valence electrons. The lowest BCUT2D eigenvalue weighted by Crippen LogP contribution is -2.56. The van der Waals surface area contributed by atoms with Crippen LogP contribution in [0.2, 0.25) is 5.02 Å². The number of rotatable bonds is 4. The molecule has 0 spiro atoms. The second kappa shape index (κ2) is 6.46. The Balaban J connectivity index is 2.11. The van der Waals surface area contributed by atoms with E-state index in [1.807, 2.05) is 24.3 Å². The summed E-state index contributed by atoms with van der Waals surface area (Å²) < 4.78 is 0. The summed E-state index contributed by atoms with van der Waals surface area (Å²) in [6.07, 6.45) is 4.94. The maximum atomic E-state index is 10.8. The van der Waals surface area contributed by atoms with Crippen molar-refractivity contribution in [1.82, 2.24) is 4.90 Å². The second-order valence-corrected chi connectivity index (χ2v) is 6.96. The summed E-state index contributed by atoms with van der Waals surface area (Å²) in [6.45, 7) is 2.31. The Morgan fingerprint density at radius 1 is 1.25 bits per heavy atom. The molecule has 0 aromatic heterocycles. The number of nitrogens with zero attached hydrogens (tertiary/aromatic N) is 1. The molecule has 0 amide bonds. The van der Waals surface area contributed by atoms with Crippen LogP contribution >= 0.6 is 11.6 Å². The van der Waals surface area contributed by atoms with E-state index in [2.05, 4.69) is 25.9 Å². The van der Waals surface area contributed by atoms with E-state index in [0.717, 1.165) is 29.3 Å². The lowest BCUT2D eigenvalue weighted by atomic mass is 9.72. The van der Waals surface area contributed by atoms with Crippen LogP contribution in [0.3, 0.4) is 0 Å². The van der Waals surface area contributed by atoms with Gasteiger partial charge in [-0.05, 0) is 63.4 Å². The van der Waals surface area contributed by atoms with Crippen molar-refractivity contribution in [2.75, 3.05) is 14.1 Å². The summed E-state index contributed by atoms with van der Waals surface area (Å²) in [6, 6.07) is 7.82. The van der Waals surface area contributed by atoms with Crippen LogP contribution in [-0.4, -0.2) is 35.7 Å². The first kappa shape index (κ1) is 15.8. The molecule has 1 aliphatic carbocycles. The summed E-state index contributed by atoms with van der Waals surface area (Å²) in [5.41, 5.74) is 1.08. The first-order valence-electron chi connectivity index (χ1n) is 7.54. The van der Waals surface area contributed by atoms with E-state index < -0.39 is 0 Å². The van der Waals surface area contributed by atoms with Gasteiger partial charge >= 0.3 is 0 Å². The largest absolute Gasteiger partial charge is 0.391 e. The van der Waals surface area contributed by atoms with Crippen LogP contribution in [0, 0.1) is 5.92 Å². The second-order valence-electron chi connectivity index (χ2n) is 6.53. The molecule has 1 unspecified atom stereocenters. The number of aliphatic hydroxyl groups excluding tert-OH is 1. The molecule has 0 radical (unpaired) electrons. The SMILES string of the molecule is CC1CCC(C(O)Cc2ccc(Cl)cc2)(N(C)C)CC1. The zero-order valence-electron chi connectivity index (χ0n) is 12.8. The molecule has 3 heteroatoms. The number of likely N-dealkylation sites (N-methyl/N-ethyl adjacent to an activating group) is 1. The van der Waals surface area contributed by atoms with Gasteiger partial charge in [-0.3, -0.25) is 0 Å². The highest BCUT2D eigenvalue weighted by Crippen LogP contribution is 2.38. The molecule has 1 fully saturated rings. The minimum absolute atomic E-state index is 0.0772. The predicted octanol–water partition coefficient (Wildman–Crippen LogP) is 3.75. The van der Waals surface area contributed by atoms with Crippen molar-refractivity contribution in [3.05, 3.63) is 34.9 Å². The minimum atomic E-state index is -0.328. The third-order valence-electron chi connectivity index (χ3n) is 4.99. The van der Waals surface area contributed by atoms with Gasteiger partial charge in [-0.15, -0.1) is 0 Å². The smallest absolute Gasteiger partial charge is 0.0763 e. The summed E-state index contributed by atoms with van der Waals surface area (Å²) in [7, 11) is 4.20. The molecule has 2 rings (SSSR count). The first-order valence-corrected chi connectivity index (χ1v) is 7.92. The van der Waals surface area contributed by atoms with Crippen LogP contribution in [-0.2, 0) is 6.42 Å². The molecule has 1 saturated carbocycles. The number of halogens is 1. The van der Waals surface area contributed by atoms with Gasteiger partial charge in [-0.2, -0.15) is 0 Å². The van der Waals surface area contributed by atoms with Crippen molar-refractivity contribution in [1.29, 1.82) is 0 Å². The van der Waals surface area contributed by atoms with E-state index in [4.69, 9.17) is 11.6 Å². The van der Waals surface area contributed by atoms with Gasteiger partial charge in [-0.25, -0.2) is 0 Å². The zero-order valence-corrected chi connectivity index (χ0v) is 13.5. The van der Waals surface area contributed by atoms with E-state index in [-0.39, 0.29) is 11.6 Å². The molecule has 1 aromatic carbocycles. The highest BCUT2D eigenvalue weighted by molar-refractivity contribution is 6.30. The Labute approximate surface area is 127 Å². The van der Waals surface area contributed by atoms with Gasteiger partial charge in [0.25, 0.3) is 0 Å². The summed E-state index contributed by atoms with van der Waals surface area (Å²) in [5, 5.41) is 11.6. The van der Waals surface area contributed by atoms with Crippen LogP contribution in [0.15, 0.2) is 24.3 Å². The Morgan fingerprint density at radius 3 is 2.30 bits per heavy atom. The lowest BCUT2D eigenvalue weighted by molar-refractivity contribution is -0.0382. The highest BCUT2D eigenvalue weighted by Gasteiger charge is 2.42. The summed E-state index contributed by atoms with van der Waals surface area (Å²) in [4.78, 5) is 2.24. The molecule has 1 aliphatic rings. The van der Waals surface area contributed by atoms with Crippen LogP contribution in [0.25, 0.3) is 0 Å². The first-order chi connectivity index (χ1) is 9.44. The Kier molecular flexibility index (Phi) is 5.11. The van der Waals surface area contributed by atoms with Crippen molar-refractivity contribution in [3.8, 4) is 0 Å². The number of aliphatic hydroxyl groups is 1. The van der Waals surface area contributed by atoms with Crippen LogP contribution in [0.5, 0.6) is 0 Å². The van der Waals surface area contributed by atoms with Crippen LogP contribution < -0.4 is 0 Å². The van der Waals surface area contributed by atoms with Gasteiger partial charge in [-0.1, -0.05) is 30.7 Å². The lowest BCUT2D eigenvalue weighted by Gasteiger charge is -2.47. The van der Waals surface area contributed by atoms with Gasteiger partial charge in [0.2, 0.25) is 0 Å². The molecule has 1 atom stereocenters. The topological polar surface area (TPSA) is 23.5 Å². The van der Waals surface area contributed by atoms with Gasteiger partial charge in [0.05, 0.1) is 6.10 Å². The zero-order chi connectivity index (χ0) is 14.8. The molecule has 20 heavy (non-hydrogen) atoms. The highest BCUT2D eigenvalue weighted by atomic mass is 35.5. The number of hydrogen-bond donors (Lipinski definition) is 1. The quantitative estimate of drug-likeness (QED) is 0.914. The average Bonchev–Trinajstić information content (AvgIpc) is 2.42. The van der Waals surface area contributed by atoms with Gasteiger partial charge in [0.1, 0.15) is 0 Å². The summed E-state index contributed by atoms with van der Waals surface area (Å²) >= 11 is 5.92. The van der Waals surface area contributed by atoms with Crippen molar-refractivity contribution in [2.45, 2.75) is 50.7 Å². The van der Waals surface area contributed by atoms with Crippen LogP contribution in [0.1, 0.15) is 38.2 Å². The molecule has 0 saturated heterocycles. The third-order valence-corrected chi connectivity index (χ3v) is 5.25. The molecule has 2 nitrogen and oxygen atoms in total. The van der Waals surface area contributed by atoms with Crippen molar-refractivity contribution in [3.63, 3.8) is 0 Å². The van der Waals surface area contributed by atoms with Gasteiger partial charge < -0.3 is 10.0 Å². The molecule has 0 aliphatic heterocycles.